The lowest BCUT2D eigenvalue weighted by Gasteiger charge is -2.15. The van der Waals surface area contributed by atoms with Crippen LogP contribution >= 0.6 is 0 Å². The zero-order valence-corrected chi connectivity index (χ0v) is 12.6. The van der Waals surface area contributed by atoms with Crippen molar-refractivity contribution in [3.63, 3.8) is 0 Å². The summed E-state index contributed by atoms with van der Waals surface area (Å²) in [5, 5.41) is 4.40. The molecule has 3 rings (SSSR count). The van der Waals surface area contributed by atoms with Crippen LogP contribution in [0.4, 0.5) is 5.82 Å². The molecule has 0 aliphatic carbocycles. The molecule has 0 amide bonds. The summed E-state index contributed by atoms with van der Waals surface area (Å²) in [5.74, 6) is 1.99. The third-order valence-electron chi connectivity index (χ3n) is 3.46. The van der Waals surface area contributed by atoms with Crippen molar-refractivity contribution in [2.75, 3.05) is 11.9 Å². The van der Waals surface area contributed by atoms with Gasteiger partial charge in [0.1, 0.15) is 23.4 Å². The Balaban J connectivity index is 2.18. The van der Waals surface area contributed by atoms with Gasteiger partial charge >= 0.3 is 0 Å². The van der Waals surface area contributed by atoms with Crippen LogP contribution in [-0.2, 0) is 0 Å². The molecule has 0 fully saturated rings. The molecule has 3 aromatic rings. The molecule has 108 valence electrons. The fourth-order valence-electron chi connectivity index (χ4n) is 2.55. The number of rotatable bonds is 4. The summed E-state index contributed by atoms with van der Waals surface area (Å²) in [6, 6.07) is 10.0. The summed E-state index contributed by atoms with van der Waals surface area (Å²) in [7, 11) is 0. The Labute approximate surface area is 124 Å². The summed E-state index contributed by atoms with van der Waals surface area (Å²) in [6.45, 7) is 7.18. The van der Waals surface area contributed by atoms with Gasteiger partial charge in [0.05, 0.1) is 0 Å². The molecule has 0 aliphatic heterocycles. The fraction of sp³-hybridized carbons (Fsp3) is 0.294. The first-order valence-corrected chi connectivity index (χ1v) is 7.28. The maximum Gasteiger partial charge on any atom is 0.154 e. The van der Waals surface area contributed by atoms with Crippen molar-refractivity contribution < 1.29 is 4.42 Å². The molecule has 0 saturated heterocycles. The number of benzene rings is 1. The van der Waals surface area contributed by atoms with Gasteiger partial charge in [-0.2, -0.15) is 0 Å². The van der Waals surface area contributed by atoms with E-state index >= 15 is 0 Å². The first-order valence-electron chi connectivity index (χ1n) is 7.28. The number of anilines is 1. The van der Waals surface area contributed by atoms with Crippen LogP contribution in [-0.4, -0.2) is 16.5 Å². The molecular formula is C17H19N3O. The molecule has 0 saturated carbocycles. The molecule has 1 N–H and O–H groups in total. The van der Waals surface area contributed by atoms with Gasteiger partial charge in [-0.05, 0) is 25.0 Å². The molecule has 4 heteroatoms. The van der Waals surface area contributed by atoms with Gasteiger partial charge in [0, 0.05) is 17.5 Å². The Morgan fingerprint density at radius 1 is 1.19 bits per heavy atom. The van der Waals surface area contributed by atoms with Gasteiger partial charge in [-0.3, -0.25) is 0 Å². The lowest BCUT2D eigenvalue weighted by molar-refractivity contribution is 0.625. The van der Waals surface area contributed by atoms with E-state index in [4.69, 9.17) is 4.42 Å². The van der Waals surface area contributed by atoms with Crippen molar-refractivity contribution in [1.29, 1.82) is 0 Å². The van der Waals surface area contributed by atoms with Crippen molar-refractivity contribution >= 4 is 16.8 Å². The first-order chi connectivity index (χ1) is 10.2. The number of para-hydroxylation sites is 1. The third-order valence-corrected chi connectivity index (χ3v) is 3.46. The molecular weight excluding hydrogens is 262 g/mol. The summed E-state index contributed by atoms with van der Waals surface area (Å²) < 4.78 is 5.96. The van der Waals surface area contributed by atoms with Crippen LogP contribution in [0.3, 0.4) is 0 Å². The predicted molar refractivity (Wildman–Crippen MR) is 85.5 cm³/mol. The minimum atomic E-state index is 0.309. The lowest BCUT2D eigenvalue weighted by Crippen LogP contribution is -2.07. The van der Waals surface area contributed by atoms with E-state index in [-0.39, 0.29) is 0 Å². The molecule has 0 atom stereocenters. The van der Waals surface area contributed by atoms with Crippen LogP contribution in [0.25, 0.3) is 22.4 Å². The van der Waals surface area contributed by atoms with Crippen molar-refractivity contribution in [3.8, 4) is 11.5 Å². The Kier molecular flexibility index (Phi) is 3.60. The molecule has 2 heterocycles. The Bertz CT molecular complexity index is 729. The van der Waals surface area contributed by atoms with Crippen LogP contribution in [0.2, 0.25) is 0 Å². The van der Waals surface area contributed by atoms with Crippen LogP contribution in [0.5, 0.6) is 0 Å². The maximum absolute atomic E-state index is 5.96. The Hall–Kier alpha value is -2.36. The van der Waals surface area contributed by atoms with Gasteiger partial charge in [0.25, 0.3) is 0 Å². The summed E-state index contributed by atoms with van der Waals surface area (Å²) >= 11 is 0. The van der Waals surface area contributed by atoms with Gasteiger partial charge in [-0.1, -0.05) is 32.0 Å². The summed E-state index contributed by atoms with van der Waals surface area (Å²) in [6.07, 6.45) is 1.59. The lowest BCUT2D eigenvalue weighted by atomic mass is 10.0. The van der Waals surface area contributed by atoms with Gasteiger partial charge in [-0.15, -0.1) is 0 Å². The largest absolute Gasteiger partial charge is 0.454 e. The molecule has 0 aliphatic rings. The predicted octanol–water partition coefficient (Wildman–Crippen LogP) is 4.45. The summed E-state index contributed by atoms with van der Waals surface area (Å²) in [5.41, 5.74) is 2.84. The molecule has 0 spiro atoms. The highest BCUT2D eigenvalue weighted by Gasteiger charge is 2.18. The highest BCUT2D eigenvalue weighted by molar-refractivity contribution is 5.83. The SMILES string of the molecule is CCNc1ncnc(-c2cc3ccccc3o2)c1C(C)C. The van der Waals surface area contributed by atoms with Gasteiger partial charge in [0.15, 0.2) is 5.76 Å². The molecule has 0 unspecified atom stereocenters. The monoisotopic (exact) mass is 281 g/mol. The highest BCUT2D eigenvalue weighted by atomic mass is 16.3. The molecule has 1 aromatic carbocycles. The van der Waals surface area contributed by atoms with Gasteiger partial charge in [-0.25, -0.2) is 9.97 Å². The second-order valence-electron chi connectivity index (χ2n) is 5.32. The normalized spacial score (nSPS) is 11.2. The fourth-order valence-corrected chi connectivity index (χ4v) is 2.55. The number of furan rings is 1. The average Bonchev–Trinajstić information content (AvgIpc) is 2.91. The standard InChI is InChI=1S/C17H19N3O/c1-4-18-17-15(11(2)3)16(19-10-20-17)14-9-12-7-5-6-8-13(12)21-14/h5-11H,4H2,1-3H3,(H,18,19,20). The topological polar surface area (TPSA) is 51.0 Å². The quantitative estimate of drug-likeness (QED) is 0.767. The average molecular weight is 281 g/mol. The molecule has 21 heavy (non-hydrogen) atoms. The first kappa shape index (κ1) is 13.6. The Morgan fingerprint density at radius 3 is 2.71 bits per heavy atom. The third kappa shape index (κ3) is 2.49. The van der Waals surface area contributed by atoms with E-state index in [1.165, 1.54) is 0 Å². The zero-order chi connectivity index (χ0) is 14.8. The number of hydrogen-bond acceptors (Lipinski definition) is 4. The number of aromatic nitrogens is 2. The smallest absolute Gasteiger partial charge is 0.154 e. The van der Waals surface area contributed by atoms with Crippen LogP contribution in [0.1, 0.15) is 32.3 Å². The van der Waals surface area contributed by atoms with E-state index in [9.17, 15) is 0 Å². The van der Waals surface area contributed by atoms with Gasteiger partial charge in [0.2, 0.25) is 0 Å². The van der Waals surface area contributed by atoms with Crippen molar-refractivity contribution in [2.45, 2.75) is 26.7 Å². The molecule has 0 radical (unpaired) electrons. The van der Waals surface area contributed by atoms with E-state index in [2.05, 4.69) is 36.1 Å². The highest BCUT2D eigenvalue weighted by Crippen LogP contribution is 2.34. The number of nitrogens with one attached hydrogen (secondary N) is 1. The number of fused-ring (bicyclic) bond motifs is 1. The minimum Gasteiger partial charge on any atom is -0.454 e. The number of nitrogens with zero attached hydrogens (tertiary/aromatic N) is 2. The minimum absolute atomic E-state index is 0.309. The zero-order valence-electron chi connectivity index (χ0n) is 12.6. The van der Waals surface area contributed by atoms with E-state index in [0.29, 0.717) is 5.92 Å². The Morgan fingerprint density at radius 2 is 2.00 bits per heavy atom. The molecule has 2 aromatic heterocycles. The van der Waals surface area contributed by atoms with Crippen LogP contribution in [0, 0.1) is 0 Å². The number of hydrogen-bond donors (Lipinski definition) is 1. The van der Waals surface area contributed by atoms with Crippen molar-refractivity contribution in [3.05, 3.63) is 42.2 Å². The second kappa shape index (κ2) is 5.56. The molecule has 4 nitrogen and oxygen atoms in total. The van der Waals surface area contributed by atoms with E-state index < -0.39 is 0 Å². The van der Waals surface area contributed by atoms with Crippen LogP contribution < -0.4 is 5.32 Å². The maximum atomic E-state index is 5.96. The second-order valence-corrected chi connectivity index (χ2v) is 5.32. The van der Waals surface area contributed by atoms with E-state index in [0.717, 1.165) is 40.3 Å². The molecule has 0 bridgehead atoms. The van der Waals surface area contributed by atoms with E-state index in [1.54, 1.807) is 6.33 Å². The van der Waals surface area contributed by atoms with Crippen molar-refractivity contribution in [2.24, 2.45) is 0 Å². The van der Waals surface area contributed by atoms with Gasteiger partial charge < -0.3 is 9.73 Å². The summed E-state index contributed by atoms with van der Waals surface area (Å²) in [4.78, 5) is 8.83. The van der Waals surface area contributed by atoms with Crippen LogP contribution in [0.15, 0.2) is 41.1 Å². The van der Waals surface area contributed by atoms with Crippen molar-refractivity contribution in [1.82, 2.24) is 9.97 Å². The van der Waals surface area contributed by atoms with E-state index in [1.807, 2.05) is 30.3 Å².